The van der Waals surface area contributed by atoms with Crippen LogP contribution in [-0.4, -0.2) is 87.4 Å². The molecule has 2 aliphatic carbocycles. The molecule has 2 saturated carbocycles. The maximum atomic E-state index is 14.7. The van der Waals surface area contributed by atoms with Gasteiger partial charge in [0, 0.05) is 29.3 Å². The number of pyridine rings is 1. The number of aromatic nitrogens is 3. The Morgan fingerprint density at radius 3 is 2.46 bits per heavy atom. The molecular formula is C41H43N7O7S. The topological polar surface area (TPSA) is 190 Å². The van der Waals surface area contributed by atoms with Crippen LogP contribution in [0.3, 0.4) is 0 Å². The van der Waals surface area contributed by atoms with Crippen molar-refractivity contribution in [3.63, 3.8) is 0 Å². The van der Waals surface area contributed by atoms with Crippen molar-refractivity contribution in [2.45, 2.75) is 87.3 Å². The van der Waals surface area contributed by atoms with E-state index < -0.39 is 68.5 Å². The van der Waals surface area contributed by atoms with Crippen LogP contribution in [0.25, 0.3) is 21.7 Å². The van der Waals surface area contributed by atoms with E-state index in [1.54, 1.807) is 13.0 Å². The normalized spacial score (nSPS) is 26.3. The minimum atomic E-state index is -3.96. The standard InChI is InChI=1S/C41H43N7O7S/c1-24-21-43-34(22-42-24)36(49)44-33-17-7-5-3-4-6-15-31-25(2)41(31,40(52)47-56(53,54)27-18-19-27)46-37(50)35-20-26(23-48(35)39(33)51)55-38-30-14-9-8-12-28(30)29-13-10-11-16-32(29)45-38/h6,8-16,21-22,26-27,31,33,35H,2-5,7,17-20,23H2,1H3,(H,44,49)(H,46,50)(H,47,52)/b15-6-/t26-,31?,33+,35+,41-/m1/s1. The average Bonchev–Trinajstić information content (AvgIpc) is 4.09. The summed E-state index contributed by atoms with van der Waals surface area (Å²) >= 11 is 0. The monoisotopic (exact) mass is 777 g/mol. The molecule has 15 heteroatoms. The number of fused-ring (bicyclic) bond motifs is 5. The molecule has 2 aliphatic heterocycles. The number of nitrogens with zero attached hydrogens (tertiary/aromatic N) is 4. The van der Waals surface area contributed by atoms with Crippen molar-refractivity contribution in [3.8, 4) is 5.88 Å². The van der Waals surface area contributed by atoms with Crippen molar-refractivity contribution in [1.82, 2.24) is 35.2 Å². The lowest BCUT2D eigenvalue weighted by atomic mass is 10.0. The number of hydrogen-bond donors (Lipinski definition) is 3. The third kappa shape index (κ3) is 7.11. The number of ether oxygens (including phenoxy) is 1. The maximum Gasteiger partial charge on any atom is 0.272 e. The summed E-state index contributed by atoms with van der Waals surface area (Å²) in [6.07, 6.45) is 9.73. The minimum absolute atomic E-state index is 0.0234. The Kier molecular flexibility index (Phi) is 9.81. The first-order chi connectivity index (χ1) is 27.0. The lowest BCUT2D eigenvalue weighted by Gasteiger charge is -2.29. The maximum absolute atomic E-state index is 14.7. The minimum Gasteiger partial charge on any atom is -0.472 e. The number of sulfonamides is 1. The summed E-state index contributed by atoms with van der Waals surface area (Å²) in [5.74, 6) is -2.97. The quantitative estimate of drug-likeness (QED) is 0.184. The van der Waals surface area contributed by atoms with Gasteiger partial charge >= 0.3 is 0 Å². The van der Waals surface area contributed by atoms with Crippen LogP contribution in [-0.2, 0) is 24.4 Å². The first-order valence-corrected chi connectivity index (χ1v) is 20.6. The smallest absolute Gasteiger partial charge is 0.272 e. The van der Waals surface area contributed by atoms with Crippen LogP contribution in [0.4, 0.5) is 0 Å². The summed E-state index contributed by atoms with van der Waals surface area (Å²) in [5, 5.41) is 7.66. The molecule has 4 heterocycles. The number of benzene rings is 2. The van der Waals surface area contributed by atoms with E-state index in [9.17, 15) is 27.6 Å². The van der Waals surface area contributed by atoms with Crippen LogP contribution in [0, 0.1) is 12.8 Å². The lowest BCUT2D eigenvalue weighted by Crippen LogP contribution is -2.58. The molecule has 8 rings (SSSR count). The van der Waals surface area contributed by atoms with E-state index in [-0.39, 0.29) is 18.7 Å². The number of carbonyl (C=O) groups excluding carboxylic acids is 4. The van der Waals surface area contributed by atoms with Gasteiger partial charge in [0.1, 0.15) is 23.9 Å². The summed E-state index contributed by atoms with van der Waals surface area (Å²) < 4.78 is 34.7. The van der Waals surface area contributed by atoms with E-state index in [4.69, 9.17) is 9.72 Å². The van der Waals surface area contributed by atoms with Crippen LogP contribution < -0.4 is 20.1 Å². The molecular weight excluding hydrogens is 735 g/mol. The van der Waals surface area contributed by atoms with Crippen molar-refractivity contribution in [2.75, 3.05) is 6.54 Å². The van der Waals surface area contributed by atoms with Crippen LogP contribution in [0.1, 0.15) is 67.5 Å². The number of aryl methyl sites for hydroxylation is 1. The molecule has 2 aromatic carbocycles. The number of hydrogen-bond acceptors (Lipinski definition) is 10. The Balaban J connectivity index is 1.14. The van der Waals surface area contributed by atoms with Gasteiger partial charge in [0.15, 0.2) is 5.54 Å². The van der Waals surface area contributed by atoms with E-state index in [1.165, 1.54) is 17.3 Å². The molecule has 0 radical (unpaired) electrons. The first-order valence-electron chi connectivity index (χ1n) is 19.0. The van der Waals surface area contributed by atoms with Crippen LogP contribution >= 0.6 is 0 Å². The number of rotatable bonds is 7. The highest BCUT2D eigenvalue weighted by Gasteiger charge is 2.66. The zero-order chi connectivity index (χ0) is 39.2. The van der Waals surface area contributed by atoms with Gasteiger partial charge in [0.25, 0.3) is 11.8 Å². The zero-order valence-corrected chi connectivity index (χ0v) is 31.8. The Hall–Kier alpha value is -5.70. The molecule has 56 heavy (non-hydrogen) atoms. The summed E-state index contributed by atoms with van der Waals surface area (Å²) in [6.45, 7) is 5.80. The highest BCUT2D eigenvalue weighted by atomic mass is 32.2. The Morgan fingerprint density at radius 2 is 1.71 bits per heavy atom. The molecule has 1 unspecified atom stereocenters. The molecule has 5 atom stereocenters. The number of carbonyl (C=O) groups is 4. The third-order valence-electron chi connectivity index (χ3n) is 11.2. The van der Waals surface area contributed by atoms with Gasteiger partial charge in [0.05, 0.1) is 29.2 Å². The van der Waals surface area contributed by atoms with Gasteiger partial charge < -0.3 is 20.3 Å². The molecule has 3 N–H and O–H groups in total. The number of para-hydroxylation sites is 1. The second-order valence-electron chi connectivity index (χ2n) is 15.1. The molecule has 0 spiro atoms. The van der Waals surface area contributed by atoms with Gasteiger partial charge in [0.2, 0.25) is 27.7 Å². The van der Waals surface area contributed by atoms with Crippen molar-refractivity contribution in [3.05, 3.63) is 96.6 Å². The summed E-state index contributed by atoms with van der Waals surface area (Å²) in [5.41, 5.74) is -0.00809. The Morgan fingerprint density at radius 1 is 0.964 bits per heavy atom. The molecule has 4 aliphatic rings. The predicted octanol–water partition coefficient (Wildman–Crippen LogP) is 3.80. The summed E-state index contributed by atoms with van der Waals surface area (Å²) in [7, 11) is -3.96. The molecule has 4 aromatic rings. The van der Waals surface area contributed by atoms with E-state index in [0.29, 0.717) is 54.8 Å². The third-order valence-corrected chi connectivity index (χ3v) is 13.0. The van der Waals surface area contributed by atoms with Crippen molar-refractivity contribution in [2.24, 2.45) is 5.92 Å². The molecule has 4 amide bonds. The fourth-order valence-electron chi connectivity index (χ4n) is 7.84. The molecule has 2 aromatic heterocycles. The van der Waals surface area contributed by atoms with E-state index >= 15 is 0 Å². The average molecular weight is 778 g/mol. The second-order valence-corrected chi connectivity index (χ2v) is 17.0. The molecule has 290 valence electrons. The number of allylic oxidation sites excluding steroid dienone is 1. The van der Waals surface area contributed by atoms with E-state index in [2.05, 4.69) is 31.9 Å². The molecule has 1 saturated heterocycles. The Bertz CT molecular complexity index is 2400. The van der Waals surface area contributed by atoms with Gasteiger partial charge in [-0.05, 0) is 62.1 Å². The summed E-state index contributed by atoms with van der Waals surface area (Å²) in [4.78, 5) is 71.2. The van der Waals surface area contributed by atoms with Crippen LogP contribution in [0.5, 0.6) is 5.88 Å². The van der Waals surface area contributed by atoms with Crippen molar-refractivity contribution >= 4 is 55.3 Å². The SMILES string of the molecule is C=C1C2/C=C\CCCCC[C@H](NC(=O)c3cnc(C)cn3)C(=O)N3C[C@H](Oc4nc5ccccc5c5ccccc45)C[C@H]3C(=O)N[C@]12C(=O)NS(=O)(=O)C1CC1. The fourth-order valence-corrected chi connectivity index (χ4v) is 9.18. The summed E-state index contributed by atoms with van der Waals surface area (Å²) in [6, 6.07) is 13.2. The molecule has 3 fully saturated rings. The largest absolute Gasteiger partial charge is 0.472 e. The van der Waals surface area contributed by atoms with Gasteiger partial charge in [-0.2, -0.15) is 0 Å². The van der Waals surface area contributed by atoms with Gasteiger partial charge in [-0.3, -0.25) is 28.9 Å². The highest BCUT2D eigenvalue weighted by molar-refractivity contribution is 7.91. The molecule has 0 bridgehead atoms. The van der Waals surface area contributed by atoms with Gasteiger partial charge in [-0.15, -0.1) is 0 Å². The predicted molar refractivity (Wildman–Crippen MR) is 208 cm³/mol. The highest BCUT2D eigenvalue weighted by Crippen LogP contribution is 2.51. The van der Waals surface area contributed by atoms with Crippen molar-refractivity contribution < 1.29 is 32.3 Å². The Labute approximate surface area is 324 Å². The van der Waals surface area contributed by atoms with Gasteiger partial charge in [-0.25, -0.2) is 18.4 Å². The van der Waals surface area contributed by atoms with E-state index in [1.807, 2.05) is 54.6 Å². The van der Waals surface area contributed by atoms with Crippen LogP contribution in [0.15, 0.2) is 85.2 Å². The number of nitrogens with one attached hydrogen (secondary N) is 3. The zero-order valence-electron chi connectivity index (χ0n) is 30.9. The molecule has 14 nitrogen and oxygen atoms in total. The van der Waals surface area contributed by atoms with E-state index in [0.717, 1.165) is 29.0 Å². The first kappa shape index (κ1) is 37.2. The number of amides is 4. The fraction of sp³-hybridized carbons (Fsp3) is 0.390. The van der Waals surface area contributed by atoms with Crippen LogP contribution in [0.2, 0.25) is 0 Å². The lowest BCUT2D eigenvalue weighted by molar-refractivity contribution is -0.141. The second kappa shape index (κ2) is 14.8. The van der Waals surface area contributed by atoms with Gasteiger partial charge in [-0.1, -0.05) is 68.0 Å². The van der Waals surface area contributed by atoms with Crippen molar-refractivity contribution in [1.29, 1.82) is 0 Å².